The predicted octanol–water partition coefficient (Wildman–Crippen LogP) is 2.87. The number of hydrogen-bond donors (Lipinski definition) is 1. The SMILES string of the molecule is C/C=C\C(=O)NCC1(N2CCCCC2)CCCCC1. The number of rotatable bonds is 4. The molecule has 1 N–H and O–H groups in total. The third kappa shape index (κ3) is 3.82. The first-order chi connectivity index (χ1) is 9.27. The van der Waals surface area contributed by atoms with Crippen molar-refractivity contribution in [2.45, 2.75) is 63.8 Å². The normalized spacial score (nSPS) is 24.5. The van der Waals surface area contributed by atoms with Crippen LogP contribution in [0.25, 0.3) is 0 Å². The first-order valence-corrected chi connectivity index (χ1v) is 7.92. The van der Waals surface area contributed by atoms with Crippen LogP contribution in [-0.2, 0) is 4.79 Å². The van der Waals surface area contributed by atoms with Crippen molar-refractivity contribution in [2.24, 2.45) is 0 Å². The molecule has 1 saturated heterocycles. The van der Waals surface area contributed by atoms with Gasteiger partial charge in [0.15, 0.2) is 0 Å². The number of hydrogen-bond acceptors (Lipinski definition) is 2. The summed E-state index contributed by atoms with van der Waals surface area (Å²) in [4.78, 5) is 14.4. The molecule has 0 atom stereocenters. The standard InChI is InChI=1S/C16H28N2O/c1-2-9-15(19)17-14-16(10-5-3-6-11-16)18-12-7-4-8-13-18/h2,9H,3-8,10-14H2,1H3,(H,17,19)/b9-2-. The topological polar surface area (TPSA) is 32.3 Å². The smallest absolute Gasteiger partial charge is 0.243 e. The molecule has 1 aliphatic heterocycles. The molecule has 0 aromatic heterocycles. The highest BCUT2D eigenvalue weighted by molar-refractivity contribution is 5.87. The Morgan fingerprint density at radius 1 is 1.11 bits per heavy atom. The molecule has 0 radical (unpaired) electrons. The molecular weight excluding hydrogens is 236 g/mol. The maximum absolute atomic E-state index is 11.7. The van der Waals surface area contributed by atoms with Crippen molar-refractivity contribution in [3.05, 3.63) is 12.2 Å². The Labute approximate surface area is 117 Å². The fourth-order valence-electron chi connectivity index (χ4n) is 3.64. The summed E-state index contributed by atoms with van der Waals surface area (Å²) in [5.41, 5.74) is 0.246. The summed E-state index contributed by atoms with van der Waals surface area (Å²) < 4.78 is 0. The zero-order chi connectivity index (χ0) is 13.6. The van der Waals surface area contributed by atoms with Gasteiger partial charge in [-0.15, -0.1) is 0 Å². The van der Waals surface area contributed by atoms with Crippen molar-refractivity contribution in [3.8, 4) is 0 Å². The van der Waals surface area contributed by atoms with Gasteiger partial charge in [-0.25, -0.2) is 0 Å². The largest absolute Gasteiger partial charge is 0.351 e. The third-order valence-corrected chi connectivity index (χ3v) is 4.72. The zero-order valence-corrected chi connectivity index (χ0v) is 12.3. The Morgan fingerprint density at radius 2 is 1.74 bits per heavy atom. The monoisotopic (exact) mass is 264 g/mol. The lowest BCUT2D eigenvalue weighted by Gasteiger charge is -2.48. The number of carbonyl (C=O) groups excluding carboxylic acids is 1. The van der Waals surface area contributed by atoms with Gasteiger partial charge in [-0.05, 0) is 51.8 Å². The summed E-state index contributed by atoms with van der Waals surface area (Å²) in [6.45, 7) is 5.16. The van der Waals surface area contributed by atoms with Gasteiger partial charge >= 0.3 is 0 Å². The van der Waals surface area contributed by atoms with Crippen LogP contribution in [-0.4, -0.2) is 36.0 Å². The molecule has 2 aliphatic rings. The van der Waals surface area contributed by atoms with Crippen molar-refractivity contribution >= 4 is 5.91 Å². The molecule has 0 spiro atoms. The Bertz CT molecular complexity index is 313. The summed E-state index contributed by atoms with van der Waals surface area (Å²) in [5, 5.41) is 3.12. The lowest BCUT2D eigenvalue weighted by Crippen LogP contribution is -2.58. The van der Waals surface area contributed by atoms with Crippen molar-refractivity contribution in [2.75, 3.05) is 19.6 Å². The van der Waals surface area contributed by atoms with E-state index in [0.29, 0.717) is 0 Å². The molecule has 1 aliphatic carbocycles. The van der Waals surface area contributed by atoms with Crippen LogP contribution in [0.5, 0.6) is 0 Å². The summed E-state index contributed by atoms with van der Waals surface area (Å²) >= 11 is 0. The average Bonchev–Trinajstić information content (AvgIpc) is 2.47. The van der Waals surface area contributed by atoms with Crippen LogP contribution < -0.4 is 5.32 Å². The van der Waals surface area contributed by atoms with Crippen LogP contribution in [0.15, 0.2) is 12.2 Å². The third-order valence-electron chi connectivity index (χ3n) is 4.72. The molecule has 108 valence electrons. The highest BCUT2D eigenvalue weighted by atomic mass is 16.1. The zero-order valence-electron chi connectivity index (χ0n) is 12.3. The van der Waals surface area contributed by atoms with Gasteiger partial charge in [-0.1, -0.05) is 31.8 Å². The fourth-order valence-corrected chi connectivity index (χ4v) is 3.64. The molecule has 0 bridgehead atoms. The molecule has 2 rings (SSSR count). The molecule has 3 heteroatoms. The van der Waals surface area contributed by atoms with Gasteiger partial charge in [0, 0.05) is 12.1 Å². The van der Waals surface area contributed by atoms with Crippen LogP contribution in [0.1, 0.15) is 58.3 Å². The number of likely N-dealkylation sites (tertiary alicyclic amines) is 1. The molecule has 2 fully saturated rings. The van der Waals surface area contributed by atoms with Gasteiger partial charge in [0.1, 0.15) is 0 Å². The molecule has 0 unspecified atom stereocenters. The number of nitrogens with one attached hydrogen (secondary N) is 1. The first kappa shape index (κ1) is 14.6. The first-order valence-electron chi connectivity index (χ1n) is 7.92. The molecule has 1 saturated carbocycles. The summed E-state index contributed by atoms with van der Waals surface area (Å²) in [7, 11) is 0. The minimum atomic E-state index is 0.0597. The highest BCUT2D eigenvalue weighted by Gasteiger charge is 2.38. The van der Waals surface area contributed by atoms with Crippen molar-refractivity contribution in [1.29, 1.82) is 0 Å². The lowest BCUT2D eigenvalue weighted by molar-refractivity contribution is -0.117. The van der Waals surface area contributed by atoms with Gasteiger partial charge in [0.2, 0.25) is 5.91 Å². The Morgan fingerprint density at radius 3 is 2.37 bits per heavy atom. The summed E-state index contributed by atoms with van der Waals surface area (Å²) in [6.07, 6.45) is 14.0. The average molecular weight is 264 g/mol. The van der Waals surface area contributed by atoms with E-state index in [1.54, 1.807) is 6.08 Å². The van der Waals surface area contributed by atoms with Crippen LogP contribution >= 0.6 is 0 Å². The van der Waals surface area contributed by atoms with Crippen molar-refractivity contribution in [3.63, 3.8) is 0 Å². The van der Waals surface area contributed by atoms with E-state index in [0.717, 1.165) is 6.54 Å². The minimum Gasteiger partial charge on any atom is -0.351 e. The van der Waals surface area contributed by atoms with E-state index < -0.39 is 0 Å². The van der Waals surface area contributed by atoms with Crippen LogP contribution in [0.3, 0.4) is 0 Å². The number of piperidine rings is 1. The summed E-state index contributed by atoms with van der Waals surface area (Å²) in [5.74, 6) is 0.0597. The summed E-state index contributed by atoms with van der Waals surface area (Å²) in [6, 6.07) is 0. The van der Waals surface area contributed by atoms with E-state index in [4.69, 9.17) is 0 Å². The predicted molar refractivity (Wildman–Crippen MR) is 79.1 cm³/mol. The maximum atomic E-state index is 11.7. The van der Waals surface area contributed by atoms with Gasteiger partial charge in [0.25, 0.3) is 0 Å². The number of amides is 1. The van der Waals surface area contributed by atoms with Crippen LogP contribution in [0.4, 0.5) is 0 Å². The van der Waals surface area contributed by atoms with Gasteiger partial charge in [0.05, 0.1) is 0 Å². The molecular formula is C16H28N2O. The second-order valence-electron chi connectivity index (χ2n) is 6.05. The van der Waals surface area contributed by atoms with E-state index in [9.17, 15) is 4.79 Å². The van der Waals surface area contributed by atoms with Crippen LogP contribution in [0, 0.1) is 0 Å². The number of nitrogens with zero attached hydrogens (tertiary/aromatic N) is 1. The van der Waals surface area contributed by atoms with Crippen LogP contribution in [0.2, 0.25) is 0 Å². The van der Waals surface area contributed by atoms with Crippen molar-refractivity contribution in [1.82, 2.24) is 10.2 Å². The number of allylic oxidation sites excluding steroid dienone is 1. The molecule has 0 aromatic rings. The quantitative estimate of drug-likeness (QED) is 0.792. The van der Waals surface area contributed by atoms with Gasteiger partial charge in [-0.3, -0.25) is 9.69 Å². The van der Waals surface area contributed by atoms with E-state index in [1.807, 2.05) is 13.0 Å². The minimum absolute atomic E-state index is 0.0597. The van der Waals surface area contributed by atoms with E-state index >= 15 is 0 Å². The second-order valence-corrected chi connectivity index (χ2v) is 6.05. The van der Waals surface area contributed by atoms with E-state index in [1.165, 1.54) is 64.5 Å². The molecule has 0 aromatic carbocycles. The van der Waals surface area contributed by atoms with Crippen molar-refractivity contribution < 1.29 is 4.79 Å². The van der Waals surface area contributed by atoms with Gasteiger partial charge in [-0.2, -0.15) is 0 Å². The second kappa shape index (κ2) is 7.09. The fraction of sp³-hybridized carbons (Fsp3) is 0.812. The van der Waals surface area contributed by atoms with Gasteiger partial charge < -0.3 is 5.32 Å². The Kier molecular flexibility index (Phi) is 5.44. The number of carbonyl (C=O) groups is 1. The Balaban J connectivity index is 1.99. The highest BCUT2D eigenvalue weighted by Crippen LogP contribution is 2.35. The molecule has 3 nitrogen and oxygen atoms in total. The molecule has 1 heterocycles. The van der Waals surface area contributed by atoms with E-state index in [-0.39, 0.29) is 11.4 Å². The van der Waals surface area contributed by atoms with E-state index in [2.05, 4.69) is 10.2 Å². The molecule has 1 amide bonds. The lowest BCUT2D eigenvalue weighted by atomic mass is 9.79. The maximum Gasteiger partial charge on any atom is 0.243 e. The Hall–Kier alpha value is -0.830. The molecule has 19 heavy (non-hydrogen) atoms.